The number of aromatic nitrogens is 3. The molecule has 9 nitrogen and oxygen atoms in total. The Kier molecular flexibility index (Phi) is 3.73. The van der Waals surface area contributed by atoms with Crippen LogP contribution >= 0.6 is 0 Å². The van der Waals surface area contributed by atoms with Gasteiger partial charge in [0.05, 0.1) is 19.4 Å². The van der Waals surface area contributed by atoms with Gasteiger partial charge in [-0.05, 0) is 25.0 Å². The van der Waals surface area contributed by atoms with Gasteiger partial charge in [0, 0.05) is 12.0 Å². The number of amides is 2. The van der Waals surface area contributed by atoms with Crippen molar-refractivity contribution in [2.24, 2.45) is 0 Å². The van der Waals surface area contributed by atoms with Gasteiger partial charge in [-0.3, -0.25) is 0 Å². The van der Waals surface area contributed by atoms with E-state index in [1.54, 1.807) is 18.4 Å². The van der Waals surface area contributed by atoms with Crippen LogP contribution in [0.2, 0.25) is 0 Å². The fraction of sp³-hybridized carbons (Fsp3) is 0.333. The molecule has 9 heteroatoms. The monoisotopic (exact) mass is 329 g/mol. The molecule has 1 aliphatic carbocycles. The zero-order valence-corrected chi connectivity index (χ0v) is 12.7. The van der Waals surface area contributed by atoms with Crippen molar-refractivity contribution in [3.8, 4) is 11.5 Å². The Morgan fingerprint density at radius 3 is 2.88 bits per heavy atom. The first kappa shape index (κ1) is 14.5. The number of rotatable bonds is 6. The van der Waals surface area contributed by atoms with E-state index in [1.807, 2.05) is 6.07 Å². The third-order valence-corrected chi connectivity index (χ3v) is 3.61. The van der Waals surface area contributed by atoms with Crippen LogP contribution in [0.15, 0.2) is 37.9 Å². The van der Waals surface area contributed by atoms with Crippen LogP contribution in [-0.4, -0.2) is 21.3 Å². The number of nitrogens with zero attached hydrogens (tertiary/aromatic N) is 3. The molecule has 3 heterocycles. The smallest absolute Gasteiger partial charge is 0.315 e. The van der Waals surface area contributed by atoms with Crippen LogP contribution in [0.1, 0.15) is 36.2 Å². The van der Waals surface area contributed by atoms with E-state index >= 15 is 0 Å². The zero-order chi connectivity index (χ0) is 16.4. The summed E-state index contributed by atoms with van der Waals surface area (Å²) in [4.78, 5) is 15.9. The van der Waals surface area contributed by atoms with Crippen LogP contribution in [0, 0.1) is 0 Å². The van der Waals surface area contributed by atoms with Gasteiger partial charge in [-0.15, -0.1) is 0 Å². The average molecular weight is 329 g/mol. The lowest BCUT2D eigenvalue weighted by Crippen LogP contribution is -2.34. The van der Waals surface area contributed by atoms with Crippen LogP contribution < -0.4 is 10.6 Å². The van der Waals surface area contributed by atoms with Crippen molar-refractivity contribution < 1.29 is 18.3 Å². The average Bonchev–Trinajstić information content (AvgIpc) is 3.03. The van der Waals surface area contributed by atoms with Crippen LogP contribution in [-0.2, 0) is 13.1 Å². The Morgan fingerprint density at radius 2 is 2.08 bits per heavy atom. The highest BCUT2D eigenvalue weighted by Crippen LogP contribution is 2.40. The zero-order valence-electron chi connectivity index (χ0n) is 12.7. The molecule has 0 spiro atoms. The molecule has 1 fully saturated rings. The van der Waals surface area contributed by atoms with E-state index in [9.17, 15) is 4.79 Å². The standard InChI is InChI=1S/C15H15N5O4/c21-15(16-7-10-2-1-5-22-10)17-8-13-18-14(20-24-13)11-6-12(23-19-11)9-3-4-9/h1-2,5-6,9H,3-4,7-8H2,(H2,16,17,21). The summed E-state index contributed by atoms with van der Waals surface area (Å²) in [7, 11) is 0. The molecule has 0 saturated heterocycles. The van der Waals surface area contributed by atoms with Gasteiger partial charge in [-0.2, -0.15) is 4.98 Å². The number of nitrogens with one attached hydrogen (secondary N) is 2. The minimum absolute atomic E-state index is 0.115. The van der Waals surface area contributed by atoms with Crippen molar-refractivity contribution in [2.75, 3.05) is 0 Å². The third kappa shape index (κ3) is 3.29. The summed E-state index contributed by atoms with van der Waals surface area (Å²) in [5, 5.41) is 13.1. The molecule has 1 aliphatic rings. The third-order valence-electron chi connectivity index (χ3n) is 3.61. The largest absolute Gasteiger partial charge is 0.467 e. The minimum atomic E-state index is -0.358. The molecular weight excluding hydrogens is 314 g/mol. The first-order valence-corrected chi connectivity index (χ1v) is 7.61. The number of carbonyl (C=O) groups excluding carboxylic acids is 1. The molecule has 2 N–H and O–H groups in total. The second kappa shape index (κ2) is 6.19. The maximum atomic E-state index is 11.7. The Bertz CT molecular complexity index is 819. The van der Waals surface area contributed by atoms with Crippen molar-refractivity contribution in [1.82, 2.24) is 25.9 Å². The van der Waals surface area contributed by atoms with Crippen molar-refractivity contribution in [3.05, 3.63) is 41.9 Å². The predicted molar refractivity (Wildman–Crippen MR) is 79.6 cm³/mol. The van der Waals surface area contributed by atoms with Crippen LogP contribution in [0.4, 0.5) is 4.79 Å². The Morgan fingerprint density at radius 1 is 1.21 bits per heavy atom. The number of hydrogen-bond acceptors (Lipinski definition) is 7. The fourth-order valence-electron chi connectivity index (χ4n) is 2.18. The summed E-state index contributed by atoms with van der Waals surface area (Å²) < 4.78 is 15.5. The second-order valence-electron chi connectivity index (χ2n) is 5.52. The molecule has 3 aromatic heterocycles. The van der Waals surface area contributed by atoms with Crippen molar-refractivity contribution >= 4 is 6.03 Å². The van der Waals surface area contributed by atoms with Gasteiger partial charge in [0.25, 0.3) is 0 Å². The number of carbonyl (C=O) groups is 1. The molecule has 24 heavy (non-hydrogen) atoms. The second-order valence-corrected chi connectivity index (χ2v) is 5.52. The van der Waals surface area contributed by atoms with E-state index in [-0.39, 0.29) is 18.5 Å². The molecule has 0 unspecified atom stereocenters. The Balaban J connectivity index is 1.29. The van der Waals surface area contributed by atoms with Crippen LogP contribution in [0.5, 0.6) is 0 Å². The highest BCUT2D eigenvalue weighted by molar-refractivity contribution is 5.73. The lowest BCUT2D eigenvalue weighted by molar-refractivity contribution is 0.237. The lowest BCUT2D eigenvalue weighted by Gasteiger charge is -2.03. The van der Waals surface area contributed by atoms with Gasteiger partial charge >= 0.3 is 6.03 Å². The van der Waals surface area contributed by atoms with Gasteiger partial charge in [0.2, 0.25) is 11.7 Å². The number of urea groups is 1. The topological polar surface area (TPSA) is 119 Å². The molecule has 0 aromatic carbocycles. The molecule has 0 bridgehead atoms. The van der Waals surface area contributed by atoms with Crippen molar-refractivity contribution in [1.29, 1.82) is 0 Å². The molecule has 0 aliphatic heterocycles. The molecule has 2 amide bonds. The molecule has 124 valence electrons. The van der Waals surface area contributed by atoms with Gasteiger partial charge < -0.3 is 24.1 Å². The number of hydrogen-bond donors (Lipinski definition) is 2. The highest BCUT2D eigenvalue weighted by atomic mass is 16.5. The van der Waals surface area contributed by atoms with E-state index in [0.717, 1.165) is 18.6 Å². The molecular formula is C15H15N5O4. The van der Waals surface area contributed by atoms with E-state index in [2.05, 4.69) is 25.9 Å². The summed E-state index contributed by atoms with van der Waals surface area (Å²) >= 11 is 0. The molecule has 1 saturated carbocycles. The Labute approximate surface area is 136 Å². The summed E-state index contributed by atoms with van der Waals surface area (Å²) in [6.45, 7) is 0.418. The highest BCUT2D eigenvalue weighted by Gasteiger charge is 2.28. The Hall–Kier alpha value is -3.10. The normalized spacial score (nSPS) is 13.8. The molecule has 4 rings (SSSR count). The molecule has 0 atom stereocenters. The van der Waals surface area contributed by atoms with Crippen LogP contribution in [0.3, 0.4) is 0 Å². The van der Waals surface area contributed by atoms with Crippen LogP contribution in [0.25, 0.3) is 11.5 Å². The first-order chi connectivity index (χ1) is 11.8. The summed E-state index contributed by atoms with van der Waals surface area (Å²) in [5.41, 5.74) is 0.536. The van der Waals surface area contributed by atoms with Gasteiger partial charge in [-0.25, -0.2) is 4.79 Å². The lowest BCUT2D eigenvalue weighted by atomic mass is 10.3. The quantitative estimate of drug-likeness (QED) is 0.711. The maximum absolute atomic E-state index is 11.7. The minimum Gasteiger partial charge on any atom is -0.467 e. The molecule has 0 radical (unpaired) electrons. The van der Waals surface area contributed by atoms with E-state index in [0.29, 0.717) is 29.7 Å². The van der Waals surface area contributed by atoms with E-state index < -0.39 is 0 Å². The van der Waals surface area contributed by atoms with E-state index in [4.69, 9.17) is 13.5 Å². The summed E-state index contributed by atoms with van der Waals surface area (Å²) in [6.07, 6.45) is 3.81. The van der Waals surface area contributed by atoms with Gasteiger partial charge in [0.1, 0.15) is 11.5 Å². The maximum Gasteiger partial charge on any atom is 0.315 e. The van der Waals surface area contributed by atoms with Crippen molar-refractivity contribution in [2.45, 2.75) is 31.8 Å². The van der Waals surface area contributed by atoms with Gasteiger partial charge in [-0.1, -0.05) is 10.3 Å². The molecule has 3 aromatic rings. The predicted octanol–water partition coefficient (Wildman–Crippen LogP) is 2.19. The first-order valence-electron chi connectivity index (χ1n) is 7.61. The SMILES string of the molecule is O=C(NCc1ccco1)NCc1nc(-c2cc(C3CC3)on2)no1. The van der Waals surface area contributed by atoms with Gasteiger partial charge in [0.15, 0.2) is 5.69 Å². The van der Waals surface area contributed by atoms with E-state index in [1.165, 1.54) is 0 Å². The number of furan rings is 1. The summed E-state index contributed by atoms with van der Waals surface area (Å²) in [5.74, 6) is 2.62. The van der Waals surface area contributed by atoms with Crippen molar-refractivity contribution in [3.63, 3.8) is 0 Å². The summed E-state index contributed by atoms with van der Waals surface area (Å²) in [6, 6.07) is 5.00. The fourth-order valence-corrected chi connectivity index (χ4v) is 2.18.